The number of benzene rings is 1. The van der Waals surface area contributed by atoms with Gasteiger partial charge >= 0.3 is 5.97 Å². The van der Waals surface area contributed by atoms with Crippen molar-refractivity contribution in [2.75, 3.05) is 0 Å². The number of hydrogen-bond donors (Lipinski definition) is 1. The molecule has 0 bridgehead atoms. The smallest absolute Gasteiger partial charge is 0.329 e. The van der Waals surface area contributed by atoms with Crippen molar-refractivity contribution in [2.45, 2.75) is 38.6 Å². The zero-order valence-corrected chi connectivity index (χ0v) is 11.2. The van der Waals surface area contributed by atoms with Crippen LogP contribution in [0.5, 0.6) is 0 Å². The number of nitrogens with zero attached hydrogens (tertiary/aromatic N) is 1. The normalized spacial score (nSPS) is 25.3. The Kier molecular flexibility index (Phi) is 3.32. The summed E-state index contributed by atoms with van der Waals surface area (Å²) in [5, 5.41) is 9.31. The fourth-order valence-corrected chi connectivity index (χ4v) is 2.52. The summed E-state index contributed by atoms with van der Waals surface area (Å²) in [5.74, 6) is -1.38. The standard InChI is InChI=1S/C14H17NO4/c1-9-11(13(17)18)15(14(2,3)19-9)12(16)10-7-5-4-6-8-10/h4-9,11H,1-3H3,(H,17,18)/t9-,11+/m1/s1. The summed E-state index contributed by atoms with van der Waals surface area (Å²) < 4.78 is 5.60. The van der Waals surface area contributed by atoms with E-state index in [0.29, 0.717) is 5.56 Å². The van der Waals surface area contributed by atoms with Crippen LogP contribution in [0, 0.1) is 0 Å². The lowest BCUT2D eigenvalue weighted by Gasteiger charge is -2.32. The number of hydrogen-bond acceptors (Lipinski definition) is 3. The zero-order valence-electron chi connectivity index (χ0n) is 11.2. The van der Waals surface area contributed by atoms with Gasteiger partial charge in [-0.3, -0.25) is 9.69 Å². The minimum absolute atomic E-state index is 0.331. The van der Waals surface area contributed by atoms with Crippen molar-refractivity contribution in [3.05, 3.63) is 35.9 Å². The average Bonchev–Trinajstić information content (AvgIpc) is 2.58. The number of carbonyl (C=O) groups is 2. The molecule has 5 heteroatoms. The molecule has 1 aliphatic rings. The molecule has 1 saturated heterocycles. The Bertz CT molecular complexity index is 497. The van der Waals surface area contributed by atoms with Crippen LogP contribution in [-0.4, -0.2) is 39.8 Å². The first-order valence-corrected chi connectivity index (χ1v) is 6.14. The molecule has 1 N–H and O–H groups in total. The molecule has 0 aromatic heterocycles. The molecular weight excluding hydrogens is 246 g/mol. The molecule has 1 aliphatic heterocycles. The van der Waals surface area contributed by atoms with E-state index in [1.165, 1.54) is 4.90 Å². The van der Waals surface area contributed by atoms with E-state index in [-0.39, 0.29) is 5.91 Å². The maximum absolute atomic E-state index is 12.5. The van der Waals surface area contributed by atoms with Gasteiger partial charge in [0.05, 0.1) is 6.10 Å². The van der Waals surface area contributed by atoms with E-state index in [1.807, 2.05) is 0 Å². The summed E-state index contributed by atoms with van der Waals surface area (Å²) in [7, 11) is 0. The van der Waals surface area contributed by atoms with Crippen LogP contribution in [0.3, 0.4) is 0 Å². The van der Waals surface area contributed by atoms with Crippen LogP contribution in [0.2, 0.25) is 0 Å². The van der Waals surface area contributed by atoms with Gasteiger partial charge in [-0.2, -0.15) is 0 Å². The van der Waals surface area contributed by atoms with E-state index >= 15 is 0 Å². The van der Waals surface area contributed by atoms with E-state index in [2.05, 4.69) is 0 Å². The first kappa shape index (κ1) is 13.5. The number of ether oxygens (including phenoxy) is 1. The van der Waals surface area contributed by atoms with Gasteiger partial charge in [-0.25, -0.2) is 4.79 Å². The highest BCUT2D eigenvalue weighted by Gasteiger charge is 2.51. The molecule has 1 heterocycles. The van der Waals surface area contributed by atoms with Crippen LogP contribution in [-0.2, 0) is 9.53 Å². The van der Waals surface area contributed by atoms with Crippen LogP contribution in [0.25, 0.3) is 0 Å². The summed E-state index contributed by atoms with van der Waals surface area (Å²) in [5.41, 5.74) is -0.477. The second-order valence-electron chi connectivity index (χ2n) is 5.09. The maximum atomic E-state index is 12.5. The SMILES string of the molecule is C[C@H]1OC(C)(C)N(C(=O)c2ccccc2)[C@@H]1C(=O)O. The van der Waals surface area contributed by atoms with Crippen LogP contribution in [0.15, 0.2) is 30.3 Å². The minimum Gasteiger partial charge on any atom is -0.480 e. The molecule has 0 spiro atoms. The second kappa shape index (κ2) is 4.66. The van der Waals surface area contributed by atoms with Gasteiger partial charge in [-0.15, -0.1) is 0 Å². The lowest BCUT2D eigenvalue weighted by atomic mass is 10.1. The largest absolute Gasteiger partial charge is 0.480 e. The topological polar surface area (TPSA) is 66.8 Å². The first-order chi connectivity index (χ1) is 8.84. The average molecular weight is 263 g/mol. The molecular formula is C14H17NO4. The summed E-state index contributed by atoms with van der Waals surface area (Å²) >= 11 is 0. The van der Waals surface area contributed by atoms with Crippen molar-refractivity contribution in [3.63, 3.8) is 0 Å². The van der Waals surface area contributed by atoms with Crippen LogP contribution in [0.1, 0.15) is 31.1 Å². The lowest BCUT2D eigenvalue weighted by molar-refractivity contribution is -0.142. The highest BCUT2D eigenvalue weighted by Crippen LogP contribution is 2.33. The predicted octanol–water partition coefficient (Wildman–Crippen LogP) is 1.74. The Labute approximate surface area is 111 Å². The quantitative estimate of drug-likeness (QED) is 0.882. The highest BCUT2D eigenvalue weighted by molar-refractivity contribution is 5.97. The Balaban J connectivity index is 2.40. The van der Waals surface area contributed by atoms with E-state index in [9.17, 15) is 14.7 Å². The summed E-state index contributed by atoms with van der Waals surface area (Å²) in [6, 6.07) is 7.66. The van der Waals surface area contributed by atoms with Crippen molar-refractivity contribution < 1.29 is 19.4 Å². The molecule has 1 fully saturated rings. The van der Waals surface area contributed by atoms with Gasteiger partial charge in [0.15, 0.2) is 6.04 Å². The molecule has 0 saturated carbocycles. The number of rotatable bonds is 2. The Morgan fingerprint density at radius 1 is 1.26 bits per heavy atom. The third-order valence-electron chi connectivity index (χ3n) is 3.27. The molecule has 102 valence electrons. The van der Waals surface area contributed by atoms with Gasteiger partial charge in [-0.1, -0.05) is 18.2 Å². The van der Waals surface area contributed by atoms with Gasteiger partial charge in [0.1, 0.15) is 5.72 Å². The van der Waals surface area contributed by atoms with Crippen LogP contribution >= 0.6 is 0 Å². The van der Waals surface area contributed by atoms with Crippen molar-refractivity contribution in [3.8, 4) is 0 Å². The van der Waals surface area contributed by atoms with Gasteiger partial charge in [0, 0.05) is 5.56 Å². The molecule has 1 aromatic rings. The minimum atomic E-state index is -1.05. The third kappa shape index (κ3) is 2.33. The number of carboxylic acid groups (broad SMARTS) is 1. The molecule has 0 aliphatic carbocycles. The maximum Gasteiger partial charge on any atom is 0.329 e. The second-order valence-corrected chi connectivity index (χ2v) is 5.09. The van der Waals surface area contributed by atoms with E-state index in [1.54, 1.807) is 51.1 Å². The lowest BCUT2D eigenvalue weighted by Crippen LogP contribution is -2.51. The summed E-state index contributed by atoms with van der Waals surface area (Å²) in [6.45, 7) is 5.07. The highest BCUT2D eigenvalue weighted by atomic mass is 16.5. The molecule has 2 atom stereocenters. The Morgan fingerprint density at radius 3 is 2.37 bits per heavy atom. The fraction of sp³-hybridized carbons (Fsp3) is 0.429. The summed E-state index contributed by atoms with van der Waals surface area (Å²) in [6.07, 6.45) is -0.542. The third-order valence-corrected chi connectivity index (χ3v) is 3.27. The van der Waals surface area contributed by atoms with Gasteiger partial charge < -0.3 is 9.84 Å². The number of carboxylic acids is 1. The van der Waals surface area contributed by atoms with Gasteiger partial charge in [-0.05, 0) is 32.9 Å². The molecule has 1 aromatic carbocycles. The molecule has 1 amide bonds. The fourth-order valence-electron chi connectivity index (χ4n) is 2.52. The predicted molar refractivity (Wildman–Crippen MR) is 68.7 cm³/mol. The van der Waals surface area contributed by atoms with E-state index in [4.69, 9.17) is 4.74 Å². The molecule has 2 rings (SSSR count). The molecule has 5 nitrogen and oxygen atoms in total. The van der Waals surface area contributed by atoms with Crippen LogP contribution in [0.4, 0.5) is 0 Å². The van der Waals surface area contributed by atoms with Crippen molar-refractivity contribution in [1.29, 1.82) is 0 Å². The van der Waals surface area contributed by atoms with E-state index in [0.717, 1.165) is 0 Å². The van der Waals surface area contributed by atoms with E-state index < -0.39 is 23.8 Å². The van der Waals surface area contributed by atoms with Gasteiger partial charge in [0.2, 0.25) is 0 Å². The van der Waals surface area contributed by atoms with Crippen LogP contribution < -0.4 is 0 Å². The molecule has 19 heavy (non-hydrogen) atoms. The number of carbonyl (C=O) groups excluding carboxylic acids is 1. The molecule has 0 unspecified atom stereocenters. The number of aliphatic carboxylic acids is 1. The van der Waals surface area contributed by atoms with Gasteiger partial charge in [0.25, 0.3) is 5.91 Å². The summed E-state index contributed by atoms with van der Waals surface area (Å²) in [4.78, 5) is 25.2. The van der Waals surface area contributed by atoms with Crippen molar-refractivity contribution in [2.24, 2.45) is 0 Å². The molecule has 0 radical (unpaired) electrons. The van der Waals surface area contributed by atoms with Crippen molar-refractivity contribution in [1.82, 2.24) is 4.90 Å². The zero-order chi connectivity index (χ0) is 14.2. The van der Waals surface area contributed by atoms with Crippen molar-refractivity contribution >= 4 is 11.9 Å². The monoisotopic (exact) mass is 263 g/mol. The Hall–Kier alpha value is -1.88. The number of amides is 1. The first-order valence-electron chi connectivity index (χ1n) is 6.14. The Morgan fingerprint density at radius 2 is 1.84 bits per heavy atom.